The topological polar surface area (TPSA) is 100 Å². The van der Waals surface area contributed by atoms with Crippen LogP contribution in [0.1, 0.15) is 47.5 Å². The van der Waals surface area contributed by atoms with Crippen LogP contribution in [0.2, 0.25) is 0 Å². The Bertz CT molecular complexity index is 844. The number of aromatic nitrogens is 1. The Morgan fingerprint density at radius 3 is 2.44 bits per heavy atom. The molecule has 1 fully saturated rings. The molecule has 0 bridgehead atoms. The molecule has 2 heterocycles. The van der Waals surface area contributed by atoms with Gasteiger partial charge in [0, 0.05) is 16.6 Å². The van der Waals surface area contributed by atoms with Crippen LogP contribution in [-0.4, -0.2) is 22.8 Å². The molecule has 0 radical (unpaired) electrons. The van der Waals surface area contributed by atoms with Gasteiger partial charge in [0.05, 0.1) is 0 Å². The third-order valence-electron chi connectivity index (χ3n) is 4.08. The average molecular weight is 358 g/mol. The summed E-state index contributed by atoms with van der Waals surface area (Å²) in [5.74, 6) is -0.337. The summed E-state index contributed by atoms with van der Waals surface area (Å²) in [5.41, 5.74) is -0.0878. The molecule has 1 aliphatic rings. The third-order valence-corrected chi connectivity index (χ3v) is 5.30. The van der Waals surface area contributed by atoms with Crippen LogP contribution in [-0.2, 0) is 10.3 Å². The van der Waals surface area contributed by atoms with E-state index < -0.39 is 17.5 Å². The Labute approximate surface area is 148 Å². The fourth-order valence-corrected chi connectivity index (χ4v) is 3.30. The highest BCUT2D eigenvalue weighted by atomic mass is 32.1. The molecule has 3 N–H and O–H groups in total. The van der Waals surface area contributed by atoms with Gasteiger partial charge in [-0.25, -0.2) is 9.78 Å². The van der Waals surface area contributed by atoms with Gasteiger partial charge in [-0.1, -0.05) is 26.0 Å². The number of carbonyl (C=O) groups is 3. The lowest BCUT2D eigenvalue weighted by atomic mass is 9.91. The summed E-state index contributed by atoms with van der Waals surface area (Å²) in [6.07, 6.45) is 1.76. The fourth-order valence-electron chi connectivity index (χ4n) is 2.48. The molecule has 7 nitrogen and oxygen atoms in total. The molecule has 1 aliphatic heterocycles. The van der Waals surface area contributed by atoms with E-state index in [1.807, 2.05) is 0 Å². The number of hydrogen-bond acceptors (Lipinski definition) is 5. The average Bonchev–Trinajstić information content (AvgIpc) is 3.13. The van der Waals surface area contributed by atoms with Crippen molar-refractivity contribution in [3.63, 3.8) is 0 Å². The Morgan fingerprint density at radius 1 is 1.24 bits per heavy atom. The van der Waals surface area contributed by atoms with Crippen LogP contribution in [0, 0.1) is 0 Å². The van der Waals surface area contributed by atoms with Crippen LogP contribution < -0.4 is 16.0 Å². The van der Waals surface area contributed by atoms with Gasteiger partial charge in [-0.3, -0.25) is 20.2 Å². The molecule has 1 saturated heterocycles. The van der Waals surface area contributed by atoms with E-state index in [0.29, 0.717) is 22.2 Å². The number of nitrogens with zero attached hydrogens (tertiary/aromatic N) is 1. The number of imide groups is 1. The van der Waals surface area contributed by atoms with Crippen LogP contribution in [0.15, 0.2) is 30.5 Å². The van der Waals surface area contributed by atoms with Crippen molar-refractivity contribution in [2.45, 2.75) is 32.2 Å². The Hall–Kier alpha value is -2.74. The minimum atomic E-state index is -1.13. The van der Waals surface area contributed by atoms with Crippen LogP contribution in [0.25, 0.3) is 0 Å². The van der Waals surface area contributed by atoms with E-state index in [-0.39, 0.29) is 5.91 Å². The number of rotatable bonds is 4. The first kappa shape index (κ1) is 17.1. The molecule has 1 aromatic carbocycles. The monoisotopic (exact) mass is 358 g/mol. The van der Waals surface area contributed by atoms with Crippen LogP contribution in [0.4, 0.5) is 9.93 Å². The van der Waals surface area contributed by atoms with Crippen molar-refractivity contribution in [3.8, 4) is 0 Å². The van der Waals surface area contributed by atoms with E-state index in [2.05, 4.69) is 34.8 Å². The van der Waals surface area contributed by atoms with E-state index in [1.54, 1.807) is 37.4 Å². The smallest absolute Gasteiger partial charge is 0.320 e. The molecule has 1 unspecified atom stereocenters. The quantitative estimate of drug-likeness (QED) is 0.731. The number of nitrogens with one attached hydrogen (secondary N) is 3. The normalized spacial score (nSPS) is 19.7. The highest BCUT2D eigenvalue weighted by molar-refractivity contribution is 7.15. The summed E-state index contributed by atoms with van der Waals surface area (Å²) in [7, 11) is 0. The van der Waals surface area contributed by atoms with E-state index >= 15 is 0 Å². The van der Waals surface area contributed by atoms with Gasteiger partial charge in [0.2, 0.25) is 0 Å². The largest absolute Gasteiger partial charge is 0.322 e. The van der Waals surface area contributed by atoms with Crippen molar-refractivity contribution < 1.29 is 14.4 Å². The van der Waals surface area contributed by atoms with E-state index in [0.717, 1.165) is 4.88 Å². The molecule has 1 atom stereocenters. The molecule has 25 heavy (non-hydrogen) atoms. The number of urea groups is 1. The van der Waals surface area contributed by atoms with Gasteiger partial charge >= 0.3 is 6.03 Å². The van der Waals surface area contributed by atoms with Gasteiger partial charge in [-0.05, 0) is 30.5 Å². The fraction of sp³-hybridized carbons (Fsp3) is 0.294. The maximum Gasteiger partial charge on any atom is 0.322 e. The molecule has 130 valence electrons. The number of anilines is 1. The summed E-state index contributed by atoms with van der Waals surface area (Å²) in [6, 6.07) is 6.01. The zero-order chi connectivity index (χ0) is 18.2. The lowest BCUT2D eigenvalue weighted by Gasteiger charge is -2.21. The van der Waals surface area contributed by atoms with Crippen LogP contribution in [0.5, 0.6) is 0 Å². The molecule has 3 rings (SSSR count). The van der Waals surface area contributed by atoms with Crippen molar-refractivity contribution in [2.24, 2.45) is 0 Å². The van der Waals surface area contributed by atoms with E-state index in [9.17, 15) is 14.4 Å². The number of hydrogen-bond donors (Lipinski definition) is 3. The lowest BCUT2D eigenvalue weighted by molar-refractivity contribution is -0.123. The van der Waals surface area contributed by atoms with Gasteiger partial charge < -0.3 is 5.32 Å². The van der Waals surface area contributed by atoms with Crippen molar-refractivity contribution in [1.82, 2.24) is 15.6 Å². The minimum Gasteiger partial charge on any atom is -0.320 e. The minimum absolute atomic E-state index is 0.277. The molecule has 2 aromatic rings. The standard InChI is InChI=1S/C17H18N4O3S/c1-9(2)12-8-18-16(25-12)19-13(22)10-4-6-11(7-5-10)17(3)14(23)20-15(24)21-17/h4-9H,1-3H3,(H,18,19,22)(H2,20,21,23,24). The summed E-state index contributed by atoms with van der Waals surface area (Å²) in [5, 5.41) is 8.12. The maximum atomic E-state index is 12.3. The van der Waals surface area contributed by atoms with Crippen molar-refractivity contribution >= 4 is 34.3 Å². The predicted molar refractivity (Wildman–Crippen MR) is 94.6 cm³/mol. The van der Waals surface area contributed by atoms with Crippen LogP contribution >= 0.6 is 11.3 Å². The summed E-state index contributed by atoms with van der Waals surface area (Å²) < 4.78 is 0. The zero-order valence-electron chi connectivity index (χ0n) is 14.0. The first-order valence-electron chi connectivity index (χ1n) is 7.81. The van der Waals surface area contributed by atoms with Gasteiger partial charge in [0.15, 0.2) is 5.13 Å². The van der Waals surface area contributed by atoms with Crippen molar-refractivity contribution in [1.29, 1.82) is 0 Å². The third kappa shape index (κ3) is 3.25. The molecule has 0 saturated carbocycles. The molecule has 1 aromatic heterocycles. The van der Waals surface area contributed by atoms with Crippen molar-refractivity contribution in [2.75, 3.05) is 5.32 Å². The number of thiazole rings is 1. The summed E-state index contributed by atoms with van der Waals surface area (Å²) in [6.45, 7) is 5.75. The number of amides is 4. The molecular weight excluding hydrogens is 340 g/mol. The summed E-state index contributed by atoms with van der Waals surface area (Å²) >= 11 is 1.44. The van der Waals surface area contributed by atoms with Gasteiger partial charge in [-0.15, -0.1) is 11.3 Å². The van der Waals surface area contributed by atoms with Crippen molar-refractivity contribution in [3.05, 3.63) is 46.5 Å². The van der Waals surface area contributed by atoms with Crippen LogP contribution in [0.3, 0.4) is 0 Å². The molecule has 4 amide bonds. The molecular formula is C17H18N4O3S. The van der Waals surface area contributed by atoms with Gasteiger partial charge in [-0.2, -0.15) is 0 Å². The highest BCUT2D eigenvalue weighted by Gasteiger charge is 2.43. The Kier molecular flexibility index (Phi) is 4.30. The van der Waals surface area contributed by atoms with Gasteiger partial charge in [0.25, 0.3) is 11.8 Å². The molecule has 8 heteroatoms. The second-order valence-corrected chi connectivity index (χ2v) is 7.35. The number of carbonyl (C=O) groups excluding carboxylic acids is 3. The zero-order valence-corrected chi connectivity index (χ0v) is 14.9. The lowest BCUT2D eigenvalue weighted by Crippen LogP contribution is -2.40. The SMILES string of the molecule is CC(C)c1cnc(NC(=O)c2ccc(C3(C)NC(=O)NC3=O)cc2)s1. The predicted octanol–water partition coefficient (Wildman–Crippen LogP) is 2.57. The molecule has 0 aliphatic carbocycles. The number of benzene rings is 1. The second kappa shape index (κ2) is 6.29. The first-order valence-corrected chi connectivity index (χ1v) is 8.62. The van der Waals surface area contributed by atoms with E-state index in [1.165, 1.54) is 11.3 Å². The Morgan fingerprint density at radius 2 is 1.92 bits per heavy atom. The molecule has 0 spiro atoms. The maximum absolute atomic E-state index is 12.3. The van der Waals surface area contributed by atoms with E-state index in [4.69, 9.17) is 0 Å². The summed E-state index contributed by atoms with van der Waals surface area (Å²) in [4.78, 5) is 40.9. The second-order valence-electron chi connectivity index (χ2n) is 6.29. The highest BCUT2D eigenvalue weighted by Crippen LogP contribution is 2.27. The van der Waals surface area contributed by atoms with Gasteiger partial charge in [0.1, 0.15) is 5.54 Å². The Balaban J connectivity index is 1.74. The first-order chi connectivity index (χ1) is 11.8.